The van der Waals surface area contributed by atoms with Crippen molar-refractivity contribution in [3.8, 4) is 0 Å². The van der Waals surface area contributed by atoms with Gasteiger partial charge in [-0.25, -0.2) is 0 Å². The average molecular weight is 227 g/mol. The molecule has 2 atom stereocenters. The van der Waals surface area contributed by atoms with Crippen LogP contribution in [0, 0.1) is 5.92 Å². The van der Waals surface area contributed by atoms with Crippen molar-refractivity contribution in [2.24, 2.45) is 11.7 Å². The molecule has 1 rings (SSSR count). The fraction of sp³-hybridized carbons (Fsp3) is 0.917. The van der Waals surface area contributed by atoms with Crippen molar-refractivity contribution >= 4 is 5.91 Å². The van der Waals surface area contributed by atoms with Crippen LogP contribution in [0.15, 0.2) is 0 Å². The van der Waals surface area contributed by atoms with Crippen LogP contribution in [0.1, 0.15) is 33.6 Å². The van der Waals surface area contributed by atoms with E-state index in [-0.39, 0.29) is 11.9 Å². The highest BCUT2D eigenvalue weighted by Crippen LogP contribution is 2.17. The molecule has 0 saturated carbocycles. The van der Waals surface area contributed by atoms with E-state index in [1.165, 1.54) is 13.0 Å². The number of carbonyl (C=O) groups is 1. The van der Waals surface area contributed by atoms with E-state index < -0.39 is 0 Å². The van der Waals surface area contributed by atoms with E-state index >= 15 is 0 Å². The van der Waals surface area contributed by atoms with Crippen molar-refractivity contribution in [3.05, 3.63) is 0 Å². The Bertz CT molecular complexity index is 230. The summed E-state index contributed by atoms with van der Waals surface area (Å²) in [6.45, 7) is 9.67. The summed E-state index contributed by atoms with van der Waals surface area (Å²) >= 11 is 0. The van der Waals surface area contributed by atoms with Gasteiger partial charge < -0.3 is 16.0 Å². The molecule has 0 radical (unpaired) electrons. The first-order chi connectivity index (χ1) is 7.54. The van der Waals surface area contributed by atoms with Crippen LogP contribution in [0.5, 0.6) is 0 Å². The van der Waals surface area contributed by atoms with Gasteiger partial charge in [0.1, 0.15) is 0 Å². The standard InChI is InChI=1S/C12H25N3O/c1-4-11(12(13)16)14-7-10-5-6-15(8-10)9(2)3/h9-11,14H,4-8H2,1-3H3,(H2,13,16). The summed E-state index contributed by atoms with van der Waals surface area (Å²) in [5.41, 5.74) is 5.30. The molecular weight excluding hydrogens is 202 g/mol. The number of hydrogen-bond acceptors (Lipinski definition) is 3. The fourth-order valence-electron chi connectivity index (χ4n) is 2.25. The molecule has 94 valence electrons. The first-order valence-corrected chi connectivity index (χ1v) is 6.31. The summed E-state index contributed by atoms with van der Waals surface area (Å²) in [7, 11) is 0. The summed E-state index contributed by atoms with van der Waals surface area (Å²) in [5.74, 6) is 0.428. The van der Waals surface area contributed by atoms with Gasteiger partial charge in [-0.15, -0.1) is 0 Å². The molecule has 0 spiro atoms. The first kappa shape index (κ1) is 13.5. The van der Waals surface area contributed by atoms with Crippen molar-refractivity contribution in [1.82, 2.24) is 10.2 Å². The van der Waals surface area contributed by atoms with Gasteiger partial charge in [0.25, 0.3) is 0 Å². The molecule has 1 aliphatic rings. The molecule has 0 aromatic rings. The Hall–Kier alpha value is -0.610. The predicted octanol–water partition coefficient (Wildman–Crippen LogP) is 0.570. The molecule has 0 aromatic carbocycles. The molecule has 4 heteroatoms. The average Bonchev–Trinajstić information content (AvgIpc) is 2.67. The van der Waals surface area contributed by atoms with Crippen LogP contribution in [-0.2, 0) is 4.79 Å². The van der Waals surface area contributed by atoms with Crippen molar-refractivity contribution in [2.75, 3.05) is 19.6 Å². The van der Waals surface area contributed by atoms with Crippen LogP contribution in [0.4, 0.5) is 0 Å². The summed E-state index contributed by atoms with van der Waals surface area (Å²) in [5, 5.41) is 3.27. The number of carbonyl (C=O) groups excluding carboxylic acids is 1. The third-order valence-corrected chi connectivity index (χ3v) is 3.45. The Labute approximate surface area is 98.6 Å². The summed E-state index contributed by atoms with van der Waals surface area (Å²) in [6, 6.07) is 0.469. The maximum absolute atomic E-state index is 11.1. The number of nitrogens with one attached hydrogen (secondary N) is 1. The van der Waals surface area contributed by atoms with Gasteiger partial charge in [0, 0.05) is 12.6 Å². The lowest BCUT2D eigenvalue weighted by Crippen LogP contribution is -2.43. The number of hydrogen-bond donors (Lipinski definition) is 2. The third kappa shape index (κ3) is 3.76. The molecule has 1 aliphatic heterocycles. The Morgan fingerprint density at radius 3 is 2.69 bits per heavy atom. The van der Waals surface area contributed by atoms with Crippen LogP contribution in [-0.4, -0.2) is 42.5 Å². The molecule has 0 aliphatic carbocycles. The fourth-order valence-corrected chi connectivity index (χ4v) is 2.25. The van der Waals surface area contributed by atoms with Crippen LogP contribution < -0.4 is 11.1 Å². The topological polar surface area (TPSA) is 58.4 Å². The van der Waals surface area contributed by atoms with Gasteiger partial charge in [0.2, 0.25) is 5.91 Å². The van der Waals surface area contributed by atoms with Crippen molar-refractivity contribution < 1.29 is 4.79 Å². The molecule has 16 heavy (non-hydrogen) atoms. The zero-order valence-electron chi connectivity index (χ0n) is 10.7. The second kappa shape index (κ2) is 6.21. The van der Waals surface area contributed by atoms with Crippen molar-refractivity contribution in [2.45, 2.75) is 45.7 Å². The second-order valence-electron chi connectivity index (χ2n) is 5.01. The lowest BCUT2D eigenvalue weighted by Gasteiger charge is -2.21. The molecule has 1 amide bonds. The minimum Gasteiger partial charge on any atom is -0.368 e. The van der Waals surface area contributed by atoms with E-state index in [2.05, 4.69) is 24.1 Å². The van der Waals surface area contributed by atoms with Gasteiger partial charge in [-0.1, -0.05) is 6.92 Å². The Morgan fingerprint density at radius 2 is 2.25 bits per heavy atom. The number of nitrogens with two attached hydrogens (primary N) is 1. The maximum atomic E-state index is 11.1. The SMILES string of the molecule is CCC(NCC1CCN(C(C)C)C1)C(N)=O. The molecule has 1 heterocycles. The van der Waals surface area contributed by atoms with Crippen molar-refractivity contribution in [3.63, 3.8) is 0 Å². The van der Waals surface area contributed by atoms with Crippen LogP contribution >= 0.6 is 0 Å². The van der Waals surface area contributed by atoms with E-state index in [0.717, 1.165) is 19.5 Å². The van der Waals surface area contributed by atoms with Gasteiger partial charge >= 0.3 is 0 Å². The predicted molar refractivity (Wildman–Crippen MR) is 66.1 cm³/mol. The van der Waals surface area contributed by atoms with E-state index in [0.29, 0.717) is 12.0 Å². The molecule has 1 fully saturated rings. The smallest absolute Gasteiger partial charge is 0.234 e. The van der Waals surface area contributed by atoms with E-state index in [1.54, 1.807) is 0 Å². The van der Waals surface area contributed by atoms with Crippen LogP contribution in [0.2, 0.25) is 0 Å². The zero-order valence-corrected chi connectivity index (χ0v) is 10.7. The summed E-state index contributed by atoms with van der Waals surface area (Å²) in [6.07, 6.45) is 2.00. The third-order valence-electron chi connectivity index (χ3n) is 3.45. The normalized spacial score (nSPS) is 23.9. The highest BCUT2D eigenvalue weighted by Gasteiger charge is 2.24. The second-order valence-corrected chi connectivity index (χ2v) is 5.01. The van der Waals surface area contributed by atoms with Crippen molar-refractivity contribution in [1.29, 1.82) is 0 Å². The summed E-state index contributed by atoms with van der Waals surface area (Å²) < 4.78 is 0. The summed E-state index contributed by atoms with van der Waals surface area (Å²) in [4.78, 5) is 13.5. The first-order valence-electron chi connectivity index (χ1n) is 6.31. The lowest BCUT2D eigenvalue weighted by molar-refractivity contribution is -0.120. The van der Waals surface area contributed by atoms with Gasteiger partial charge in [-0.05, 0) is 45.7 Å². The van der Waals surface area contributed by atoms with Crippen LogP contribution in [0.3, 0.4) is 0 Å². The number of rotatable bonds is 6. The Morgan fingerprint density at radius 1 is 1.56 bits per heavy atom. The molecule has 0 aromatic heterocycles. The minimum absolute atomic E-state index is 0.159. The molecule has 0 bridgehead atoms. The molecular formula is C12H25N3O. The lowest BCUT2D eigenvalue weighted by atomic mass is 10.1. The number of primary amides is 1. The van der Waals surface area contributed by atoms with Gasteiger partial charge in [-0.2, -0.15) is 0 Å². The highest BCUT2D eigenvalue weighted by molar-refractivity contribution is 5.79. The molecule has 3 N–H and O–H groups in total. The monoisotopic (exact) mass is 227 g/mol. The molecule has 2 unspecified atom stereocenters. The van der Waals surface area contributed by atoms with Gasteiger partial charge in [-0.3, -0.25) is 4.79 Å². The maximum Gasteiger partial charge on any atom is 0.234 e. The van der Waals surface area contributed by atoms with E-state index in [9.17, 15) is 4.79 Å². The highest BCUT2D eigenvalue weighted by atomic mass is 16.1. The quantitative estimate of drug-likeness (QED) is 0.697. The molecule has 1 saturated heterocycles. The number of nitrogens with zero attached hydrogens (tertiary/aromatic N) is 1. The van der Waals surface area contributed by atoms with E-state index in [4.69, 9.17) is 5.73 Å². The molecule has 4 nitrogen and oxygen atoms in total. The zero-order chi connectivity index (χ0) is 12.1. The minimum atomic E-state index is -0.235. The number of likely N-dealkylation sites (tertiary alicyclic amines) is 1. The number of amides is 1. The van der Waals surface area contributed by atoms with E-state index in [1.807, 2.05) is 6.92 Å². The largest absolute Gasteiger partial charge is 0.368 e. The Kier molecular flexibility index (Phi) is 5.22. The van der Waals surface area contributed by atoms with Gasteiger partial charge in [0.05, 0.1) is 6.04 Å². The van der Waals surface area contributed by atoms with Crippen LogP contribution in [0.25, 0.3) is 0 Å². The van der Waals surface area contributed by atoms with Gasteiger partial charge in [0.15, 0.2) is 0 Å². The Balaban J connectivity index is 2.26.